The lowest BCUT2D eigenvalue weighted by atomic mass is 10.0. The highest BCUT2D eigenvalue weighted by molar-refractivity contribution is 5.44. The monoisotopic (exact) mass is 293 g/mol. The van der Waals surface area contributed by atoms with E-state index in [-0.39, 0.29) is 6.61 Å². The lowest BCUT2D eigenvalue weighted by Crippen LogP contribution is -2.27. The molecule has 0 amide bonds. The van der Waals surface area contributed by atoms with E-state index in [0.29, 0.717) is 32.5 Å². The molecule has 1 saturated heterocycles. The van der Waals surface area contributed by atoms with Crippen LogP contribution in [-0.4, -0.2) is 56.1 Å². The first-order valence-corrected chi connectivity index (χ1v) is 7.70. The normalized spacial score (nSPS) is 21.7. The Kier molecular flexibility index (Phi) is 4.95. The molecule has 1 N–H and O–H groups in total. The van der Waals surface area contributed by atoms with E-state index in [1.54, 1.807) is 0 Å². The second-order valence-corrected chi connectivity index (χ2v) is 5.43. The first-order chi connectivity index (χ1) is 10.4. The third-order valence-corrected chi connectivity index (χ3v) is 4.07. The molecule has 0 radical (unpaired) electrons. The quantitative estimate of drug-likeness (QED) is 0.808. The summed E-state index contributed by atoms with van der Waals surface area (Å²) in [5.41, 5.74) is 1.29. The molecular weight excluding hydrogens is 270 g/mol. The highest BCUT2D eigenvalue weighted by Crippen LogP contribution is 2.37. The number of hydrogen-bond acceptors (Lipinski definition) is 5. The number of fused-ring (bicyclic) bond motifs is 1. The molecule has 21 heavy (non-hydrogen) atoms. The smallest absolute Gasteiger partial charge is 0.161 e. The Morgan fingerprint density at radius 1 is 1.19 bits per heavy atom. The van der Waals surface area contributed by atoms with E-state index in [4.69, 9.17) is 19.3 Å². The van der Waals surface area contributed by atoms with Crippen LogP contribution in [-0.2, 0) is 4.74 Å². The minimum atomic E-state index is 0.0889. The molecule has 2 heterocycles. The van der Waals surface area contributed by atoms with Gasteiger partial charge in [0.05, 0.1) is 19.8 Å². The van der Waals surface area contributed by atoms with E-state index in [1.807, 2.05) is 6.07 Å². The van der Waals surface area contributed by atoms with Crippen molar-refractivity contribution in [3.63, 3.8) is 0 Å². The van der Waals surface area contributed by atoms with E-state index in [9.17, 15) is 0 Å². The summed E-state index contributed by atoms with van der Waals surface area (Å²) < 4.78 is 16.6. The van der Waals surface area contributed by atoms with Crippen molar-refractivity contribution in [1.29, 1.82) is 0 Å². The van der Waals surface area contributed by atoms with Crippen molar-refractivity contribution in [3.05, 3.63) is 23.8 Å². The lowest BCUT2D eigenvalue weighted by Gasteiger charge is -2.26. The maximum Gasteiger partial charge on any atom is 0.161 e. The van der Waals surface area contributed by atoms with Gasteiger partial charge in [-0.25, -0.2) is 0 Å². The van der Waals surface area contributed by atoms with Crippen molar-refractivity contribution in [1.82, 2.24) is 4.90 Å². The highest BCUT2D eigenvalue weighted by atomic mass is 16.6. The average molecular weight is 293 g/mol. The number of likely N-dealkylation sites (tertiary alicyclic amines) is 1. The Hall–Kier alpha value is -1.30. The summed E-state index contributed by atoms with van der Waals surface area (Å²) in [7, 11) is 0. The molecule has 5 nitrogen and oxygen atoms in total. The Labute approximate surface area is 125 Å². The van der Waals surface area contributed by atoms with Crippen molar-refractivity contribution >= 4 is 0 Å². The van der Waals surface area contributed by atoms with Crippen molar-refractivity contribution in [2.75, 3.05) is 46.1 Å². The van der Waals surface area contributed by atoms with Crippen LogP contribution in [0.5, 0.6) is 11.5 Å². The van der Waals surface area contributed by atoms with Gasteiger partial charge >= 0.3 is 0 Å². The average Bonchev–Trinajstić information content (AvgIpc) is 2.99. The molecule has 1 aromatic carbocycles. The van der Waals surface area contributed by atoms with Crippen LogP contribution in [0.2, 0.25) is 0 Å². The molecule has 5 heteroatoms. The number of hydrogen-bond donors (Lipinski definition) is 1. The number of ether oxygens (including phenoxy) is 3. The zero-order valence-electron chi connectivity index (χ0n) is 12.3. The van der Waals surface area contributed by atoms with E-state index in [1.165, 1.54) is 18.4 Å². The van der Waals surface area contributed by atoms with Crippen LogP contribution in [0.4, 0.5) is 0 Å². The fourth-order valence-corrected chi connectivity index (χ4v) is 3.09. The van der Waals surface area contributed by atoms with Crippen LogP contribution in [0.25, 0.3) is 0 Å². The summed E-state index contributed by atoms with van der Waals surface area (Å²) in [6.45, 7) is 4.43. The number of rotatable bonds is 6. The predicted molar refractivity (Wildman–Crippen MR) is 78.9 cm³/mol. The standard InChI is InChI=1S/C16H23NO4/c18-7-9-19-8-6-17-5-1-2-14(17)13-3-4-15-16(12-13)21-11-10-20-15/h3-4,12,14,18H,1-2,5-11H2/t14-/m1/s1. The zero-order chi connectivity index (χ0) is 14.5. The number of benzene rings is 1. The predicted octanol–water partition coefficient (Wildman–Crippen LogP) is 1.60. The molecule has 0 aliphatic carbocycles. The summed E-state index contributed by atoms with van der Waals surface area (Å²) in [6.07, 6.45) is 2.37. The summed E-state index contributed by atoms with van der Waals surface area (Å²) >= 11 is 0. The van der Waals surface area contributed by atoms with E-state index < -0.39 is 0 Å². The minimum Gasteiger partial charge on any atom is -0.486 e. The van der Waals surface area contributed by atoms with Crippen molar-refractivity contribution in [2.45, 2.75) is 18.9 Å². The molecule has 0 saturated carbocycles. The van der Waals surface area contributed by atoms with Gasteiger partial charge in [-0.1, -0.05) is 6.07 Å². The van der Waals surface area contributed by atoms with Gasteiger partial charge in [0.1, 0.15) is 13.2 Å². The Balaban J connectivity index is 1.64. The van der Waals surface area contributed by atoms with Gasteiger partial charge in [0.2, 0.25) is 0 Å². The second-order valence-electron chi connectivity index (χ2n) is 5.43. The Morgan fingerprint density at radius 3 is 2.90 bits per heavy atom. The molecule has 0 spiro atoms. The van der Waals surface area contributed by atoms with Gasteiger partial charge in [0.25, 0.3) is 0 Å². The third kappa shape index (κ3) is 3.48. The Morgan fingerprint density at radius 2 is 2.05 bits per heavy atom. The van der Waals surface area contributed by atoms with Crippen molar-refractivity contribution < 1.29 is 19.3 Å². The molecule has 116 valence electrons. The molecule has 1 aromatic rings. The van der Waals surface area contributed by atoms with E-state index >= 15 is 0 Å². The summed E-state index contributed by atoms with van der Waals surface area (Å²) in [6, 6.07) is 6.71. The summed E-state index contributed by atoms with van der Waals surface area (Å²) in [4.78, 5) is 2.45. The van der Waals surface area contributed by atoms with Crippen LogP contribution in [0.3, 0.4) is 0 Å². The van der Waals surface area contributed by atoms with Crippen LogP contribution in [0.1, 0.15) is 24.4 Å². The Bertz CT molecular complexity index is 466. The molecule has 1 fully saturated rings. The lowest BCUT2D eigenvalue weighted by molar-refractivity contribution is 0.0709. The first kappa shape index (κ1) is 14.6. The van der Waals surface area contributed by atoms with E-state index in [0.717, 1.165) is 24.6 Å². The first-order valence-electron chi connectivity index (χ1n) is 7.70. The largest absolute Gasteiger partial charge is 0.486 e. The van der Waals surface area contributed by atoms with Crippen LogP contribution in [0, 0.1) is 0 Å². The van der Waals surface area contributed by atoms with Gasteiger partial charge in [0.15, 0.2) is 11.5 Å². The van der Waals surface area contributed by atoms with Gasteiger partial charge in [0, 0.05) is 12.6 Å². The van der Waals surface area contributed by atoms with Gasteiger partial charge < -0.3 is 19.3 Å². The maximum atomic E-state index is 8.74. The number of aliphatic hydroxyl groups excluding tert-OH is 1. The summed E-state index contributed by atoms with van der Waals surface area (Å²) in [5, 5.41) is 8.74. The summed E-state index contributed by atoms with van der Waals surface area (Å²) in [5.74, 6) is 1.71. The van der Waals surface area contributed by atoms with Crippen LogP contribution in [0.15, 0.2) is 18.2 Å². The number of aliphatic hydroxyl groups is 1. The van der Waals surface area contributed by atoms with Gasteiger partial charge in [-0.05, 0) is 37.1 Å². The zero-order valence-corrected chi connectivity index (χ0v) is 12.3. The molecular formula is C16H23NO4. The SMILES string of the molecule is OCCOCCN1CCC[C@@H]1c1ccc2c(c1)OCCO2. The minimum absolute atomic E-state index is 0.0889. The molecule has 0 aromatic heterocycles. The van der Waals surface area contributed by atoms with Crippen LogP contribution >= 0.6 is 0 Å². The fraction of sp³-hybridized carbons (Fsp3) is 0.625. The molecule has 0 unspecified atom stereocenters. The maximum absolute atomic E-state index is 8.74. The highest BCUT2D eigenvalue weighted by Gasteiger charge is 2.26. The second kappa shape index (κ2) is 7.11. The molecule has 2 aliphatic heterocycles. The van der Waals surface area contributed by atoms with Crippen LogP contribution < -0.4 is 9.47 Å². The molecule has 2 aliphatic rings. The van der Waals surface area contributed by atoms with Gasteiger partial charge in [-0.2, -0.15) is 0 Å². The van der Waals surface area contributed by atoms with E-state index in [2.05, 4.69) is 17.0 Å². The molecule has 1 atom stereocenters. The van der Waals surface area contributed by atoms with Crippen molar-refractivity contribution in [3.8, 4) is 11.5 Å². The molecule has 3 rings (SSSR count). The topological polar surface area (TPSA) is 51.2 Å². The third-order valence-electron chi connectivity index (χ3n) is 4.07. The van der Waals surface area contributed by atoms with Gasteiger partial charge in [-0.3, -0.25) is 4.90 Å². The van der Waals surface area contributed by atoms with Crippen molar-refractivity contribution in [2.24, 2.45) is 0 Å². The fourth-order valence-electron chi connectivity index (χ4n) is 3.09. The molecule has 0 bridgehead atoms. The number of nitrogens with zero attached hydrogens (tertiary/aromatic N) is 1. The van der Waals surface area contributed by atoms with Gasteiger partial charge in [-0.15, -0.1) is 0 Å².